The van der Waals surface area contributed by atoms with Gasteiger partial charge in [-0.2, -0.15) is 5.10 Å². The first kappa shape index (κ1) is 18.6. The lowest BCUT2D eigenvalue weighted by Gasteiger charge is -2.15. The molecule has 9 heteroatoms. The Morgan fingerprint density at radius 2 is 2.07 bits per heavy atom. The van der Waals surface area contributed by atoms with Crippen LogP contribution in [0.1, 0.15) is 11.1 Å². The normalized spacial score (nSPS) is 15.7. The van der Waals surface area contributed by atoms with Gasteiger partial charge in [0.1, 0.15) is 5.75 Å². The van der Waals surface area contributed by atoms with Crippen LogP contribution in [0.4, 0.5) is 5.69 Å². The van der Waals surface area contributed by atoms with Gasteiger partial charge in [0.15, 0.2) is 5.17 Å². The molecule has 0 radical (unpaired) electrons. The number of carbonyl (C=O) groups is 1. The zero-order valence-corrected chi connectivity index (χ0v) is 15.3. The number of amides is 1. The summed E-state index contributed by atoms with van der Waals surface area (Å²) in [4.78, 5) is 24.0. The summed E-state index contributed by atoms with van der Waals surface area (Å²) >= 11 is 1.31. The molecule has 1 saturated heterocycles. The van der Waals surface area contributed by atoms with Gasteiger partial charge in [0.25, 0.3) is 5.69 Å². The van der Waals surface area contributed by atoms with Crippen LogP contribution in [0.3, 0.4) is 0 Å². The topological polar surface area (TPSA) is 97.4 Å². The maximum atomic E-state index is 12.1. The number of non-ortho nitro benzene ring substituents is 1. The Bertz CT molecular complexity index is 912. The number of ether oxygens (including phenoxy) is 1. The molecule has 8 nitrogen and oxygen atoms in total. The molecule has 0 saturated carbocycles. The summed E-state index contributed by atoms with van der Waals surface area (Å²) in [5.74, 6) is 1.01. The Morgan fingerprint density at radius 3 is 2.78 bits per heavy atom. The molecule has 0 unspecified atom stereocenters. The number of nitro groups is 1. The molecule has 2 aromatic rings. The molecule has 0 aliphatic carbocycles. The van der Waals surface area contributed by atoms with Gasteiger partial charge in [0.2, 0.25) is 5.91 Å². The molecule has 0 spiro atoms. The van der Waals surface area contributed by atoms with E-state index in [0.29, 0.717) is 23.0 Å². The quantitative estimate of drug-likeness (QED) is 0.433. The molecule has 3 rings (SSSR count). The van der Waals surface area contributed by atoms with E-state index in [4.69, 9.17) is 4.74 Å². The molecule has 1 aliphatic rings. The summed E-state index contributed by atoms with van der Waals surface area (Å²) in [6.45, 7) is 0.390. The highest BCUT2D eigenvalue weighted by molar-refractivity contribution is 8.15. The third kappa shape index (κ3) is 4.70. The third-order valence-electron chi connectivity index (χ3n) is 3.79. The van der Waals surface area contributed by atoms with Crippen LogP contribution in [0.2, 0.25) is 0 Å². The van der Waals surface area contributed by atoms with E-state index >= 15 is 0 Å². The molecule has 0 N–H and O–H groups in total. The number of carbonyl (C=O) groups excluding carboxylic acids is 1. The first-order valence-electron chi connectivity index (χ1n) is 7.98. The van der Waals surface area contributed by atoms with Crippen LogP contribution in [0.15, 0.2) is 58.7 Å². The van der Waals surface area contributed by atoms with Gasteiger partial charge >= 0.3 is 0 Å². The number of thioether (sulfide) groups is 1. The van der Waals surface area contributed by atoms with Crippen LogP contribution in [0, 0.1) is 10.1 Å². The zero-order chi connectivity index (χ0) is 19.2. The molecule has 27 heavy (non-hydrogen) atoms. The van der Waals surface area contributed by atoms with Crippen molar-refractivity contribution >= 4 is 34.7 Å². The minimum atomic E-state index is -0.467. The van der Waals surface area contributed by atoms with E-state index < -0.39 is 4.92 Å². The number of nitro benzene ring substituents is 1. The fourth-order valence-electron chi connectivity index (χ4n) is 2.40. The highest BCUT2D eigenvalue weighted by atomic mass is 32.2. The minimum Gasteiger partial charge on any atom is -0.497 e. The van der Waals surface area contributed by atoms with Crippen molar-refractivity contribution in [2.45, 2.75) is 6.54 Å². The summed E-state index contributed by atoms with van der Waals surface area (Å²) in [5.41, 5.74) is 1.49. The molecule has 0 atom stereocenters. The van der Waals surface area contributed by atoms with E-state index in [2.05, 4.69) is 10.2 Å². The summed E-state index contributed by atoms with van der Waals surface area (Å²) in [7, 11) is 1.60. The summed E-state index contributed by atoms with van der Waals surface area (Å²) in [6, 6.07) is 13.5. The smallest absolute Gasteiger partial charge is 0.270 e. The maximum Gasteiger partial charge on any atom is 0.270 e. The first-order valence-corrected chi connectivity index (χ1v) is 8.97. The lowest BCUT2D eigenvalue weighted by Crippen LogP contribution is -2.28. The highest BCUT2D eigenvalue weighted by Gasteiger charge is 2.28. The fourth-order valence-corrected chi connectivity index (χ4v) is 3.24. The summed E-state index contributed by atoms with van der Waals surface area (Å²) in [5, 5.41) is 19.4. The van der Waals surface area contributed by atoms with Gasteiger partial charge in [-0.25, -0.2) is 0 Å². The minimum absolute atomic E-state index is 0.0156. The van der Waals surface area contributed by atoms with Crippen LogP contribution < -0.4 is 4.74 Å². The predicted octanol–water partition coefficient (Wildman–Crippen LogP) is 3.07. The van der Waals surface area contributed by atoms with Crippen LogP contribution in [0.25, 0.3) is 0 Å². The SMILES string of the molecule is COc1ccc(CN2C(=O)CS/C2=N/N=C\c2cccc([N+](=O)[O-])c2)cc1. The molecule has 138 valence electrons. The van der Waals surface area contributed by atoms with Gasteiger partial charge in [0.05, 0.1) is 30.5 Å². The number of benzene rings is 2. The van der Waals surface area contributed by atoms with Gasteiger partial charge in [-0.15, -0.1) is 5.10 Å². The number of rotatable bonds is 6. The number of methoxy groups -OCH3 is 1. The Kier molecular flexibility index (Phi) is 5.82. The molecule has 1 aliphatic heterocycles. The van der Waals surface area contributed by atoms with E-state index in [-0.39, 0.29) is 11.6 Å². The van der Waals surface area contributed by atoms with Gasteiger partial charge in [0, 0.05) is 17.7 Å². The Morgan fingerprint density at radius 1 is 1.30 bits per heavy atom. The van der Waals surface area contributed by atoms with Crippen molar-refractivity contribution in [3.63, 3.8) is 0 Å². The second-order valence-electron chi connectivity index (χ2n) is 5.60. The second-order valence-corrected chi connectivity index (χ2v) is 6.54. The molecule has 1 fully saturated rings. The van der Waals surface area contributed by atoms with Crippen LogP contribution >= 0.6 is 11.8 Å². The Hall–Kier alpha value is -3.20. The van der Waals surface area contributed by atoms with E-state index in [0.717, 1.165) is 11.3 Å². The van der Waals surface area contributed by atoms with Crippen molar-refractivity contribution in [1.82, 2.24) is 4.90 Å². The molecule has 0 bridgehead atoms. The average molecular weight is 384 g/mol. The molecular weight excluding hydrogens is 368 g/mol. The maximum absolute atomic E-state index is 12.1. The lowest BCUT2D eigenvalue weighted by atomic mass is 10.2. The van der Waals surface area contributed by atoms with Gasteiger partial charge in [-0.3, -0.25) is 19.8 Å². The number of hydrogen-bond acceptors (Lipinski definition) is 7. The monoisotopic (exact) mass is 384 g/mol. The largest absolute Gasteiger partial charge is 0.497 e. The van der Waals surface area contributed by atoms with Gasteiger partial charge in [-0.05, 0) is 17.7 Å². The molecular formula is C18H16N4O4S. The van der Waals surface area contributed by atoms with Crippen molar-refractivity contribution < 1.29 is 14.5 Å². The van der Waals surface area contributed by atoms with E-state index in [1.807, 2.05) is 24.3 Å². The van der Waals surface area contributed by atoms with Crippen LogP contribution in [0.5, 0.6) is 5.75 Å². The fraction of sp³-hybridized carbons (Fsp3) is 0.167. The predicted molar refractivity (Wildman–Crippen MR) is 104 cm³/mol. The average Bonchev–Trinajstić information content (AvgIpc) is 3.02. The zero-order valence-electron chi connectivity index (χ0n) is 14.4. The van der Waals surface area contributed by atoms with Crippen molar-refractivity contribution in [2.24, 2.45) is 10.2 Å². The van der Waals surface area contributed by atoms with E-state index in [9.17, 15) is 14.9 Å². The van der Waals surface area contributed by atoms with Crippen LogP contribution in [-0.4, -0.2) is 40.0 Å². The number of hydrogen-bond donors (Lipinski definition) is 0. The standard InChI is InChI=1S/C18H16N4O4S/c1-26-16-7-5-13(6-8-16)11-21-17(23)12-27-18(21)20-19-10-14-3-2-4-15(9-14)22(24)25/h2-10H,11-12H2,1H3/b19-10-,20-18+. The Balaban J connectivity index is 1.72. The van der Waals surface area contributed by atoms with Crippen molar-refractivity contribution in [1.29, 1.82) is 0 Å². The number of nitrogens with zero attached hydrogens (tertiary/aromatic N) is 4. The van der Waals surface area contributed by atoms with Crippen LogP contribution in [-0.2, 0) is 11.3 Å². The van der Waals surface area contributed by atoms with E-state index in [1.54, 1.807) is 24.1 Å². The lowest BCUT2D eigenvalue weighted by molar-refractivity contribution is -0.384. The summed E-state index contributed by atoms with van der Waals surface area (Å²) < 4.78 is 5.13. The first-order chi connectivity index (χ1) is 13.1. The van der Waals surface area contributed by atoms with Crippen molar-refractivity contribution in [3.8, 4) is 5.75 Å². The summed E-state index contributed by atoms with van der Waals surface area (Å²) in [6.07, 6.45) is 1.43. The van der Waals surface area contributed by atoms with Gasteiger partial charge in [-0.1, -0.05) is 36.0 Å². The molecule has 2 aromatic carbocycles. The molecule has 0 aromatic heterocycles. The Labute approximate surface area is 159 Å². The number of amidine groups is 1. The van der Waals surface area contributed by atoms with Crippen molar-refractivity contribution in [2.75, 3.05) is 12.9 Å². The van der Waals surface area contributed by atoms with Gasteiger partial charge < -0.3 is 4.74 Å². The third-order valence-corrected chi connectivity index (χ3v) is 4.74. The second kappa shape index (κ2) is 8.45. The van der Waals surface area contributed by atoms with Crippen molar-refractivity contribution in [3.05, 3.63) is 69.8 Å². The molecule has 1 amide bonds. The van der Waals surface area contributed by atoms with E-state index in [1.165, 1.54) is 30.1 Å². The molecule has 1 heterocycles. The highest BCUT2D eigenvalue weighted by Crippen LogP contribution is 2.23.